The Hall–Kier alpha value is 1.36. The fourth-order valence-corrected chi connectivity index (χ4v) is 0.217. The van der Waals surface area contributed by atoms with Crippen LogP contribution < -0.4 is 0 Å². The number of halogens is 2. The van der Waals surface area contributed by atoms with Gasteiger partial charge in [-0.3, -0.25) is 4.79 Å². The van der Waals surface area contributed by atoms with Crippen molar-refractivity contribution in [2.24, 2.45) is 0 Å². The first-order valence-corrected chi connectivity index (χ1v) is 3.33. The third-order valence-corrected chi connectivity index (χ3v) is 2.28. The summed E-state index contributed by atoms with van der Waals surface area (Å²) in [6.07, 6.45) is 0. The van der Waals surface area contributed by atoms with Crippen LogP contribution >= 0.6 is 31.9 Å². The summed E-state index contributed by atoms with van der Waals surface area (Å²) in [5.41, 5.74) is 0. The molecule has 0 aliphatic heterocycles. The topological polar surface area (TPSA) is 37.3 Å². The van der Waals surface area contributed by atoms with Gasteiger partial charge in [0.2, 0.25) is 4.69 Å². The number of hydrogen-bond donors (Lipinski definition) is 1. The van der Waals surface area contributed by atoms with Gasteiger partial charge in [0, 0.05) is 0 Å². The molecule has 1 N–H and O–H groups in total. The maximum Gasteiger partial charge on any atom is 0.316 e. The number of carbonyl (C=O) groups is 1. The zero-order chi connectivity index (χ0) is 5.86. The first-order chi connectivity index (χ1) is 3.18. The molecular formula is C3H6Br2MgO2. The van der Waals surface area contributed by atoms with Crippen LogP contribution in [-0.2, 0) is 4.79 Å². The minimum absolute atomic E-state index is 0. The summed E-state index contributed by atoms with van der Waals surface area (Å²) >= 11 is 5.55. The van der Waals surface area contributed by atoms with Gasteiger partial charge in [-0.2, -0.15) is 0 Å². The van der Waals surface area contributed by atoms with Crippen molar-refractivity contribution in [3.63, 3.8) is 0 Å². The number of alkyl halides is 1. The summed E-state index contributed by atoms with van der Waals surface area (Å²) in [7, 11) is 0. The zero-order valence-corrected chi connectivity index (χ0v) is 6.57. The molecular weight excluding hydrogens is 252 g/mol. The molecule has 46 valence electrons. The van der Waals surface area contributed by atoms with Crippen LogP contribution in [0.25, 0.3) is 0 Å². The molecule has 0 spiro atoms. The van der Waals surface area contributed by atoms with Crippen LogP contribution in [0, 0.1) is 0 Å². The van der Waals surface area contributed by atoms with E-state index in [0.717, 1.165) is 0 Å². The Morgan fingerprint density at radius 1 is 1.75 bits per heavy atom. The van der Waals surface area contributed by atoms with Crippen LogP contribution in [0.3, 0.4) is 0 Å². The molecule has 8 heavy (non-hydrogen) atoms. The molecule has 0 rings (SSSR count). The molecule has 0 saturated carbocycles. The van der Waals surface area contributed by atoms with Crippen LogP contribution in [0.5, 0.6) is 0 Å². The molecule has 0 amide bonds. The van der Waals surface area contributed by atoms with Crippen molar-refractivity contribution in [2.45, 2.75) is 4.83 Å². The average Bonchev–Trinajstić information content (AvgIpc) is 1.65. The average molecular weight is 258 g/mol. The summed E-state index contributed by atoms with van der Waals surface area (Å²) < 4.78 is -0.227. The predicted molar refractivity (Wildman–Crippen MR) is 42.3 cm³/mol. The molecule has 2 nitrogen and oxygen atoms in total. The van der Waals surface area contributed by atoms with E-state index in [1.807, 2.05) is 0 Å². The Labute approximate surface area is 80.4 Å². The number of carbonyl (C=O) groups excluding carboxylic acids is 1. The van der Waals surface area contributed by atoms with E-state index in [2.05, 4.69) is 31.9 Å². The van der Waals surface area contributed by atoms with Crippen LogP contribution in [-0.4, -0.2) is 44.3 Å². The lowest BCUT2D eigenvalue weighted by Crippen LogP contribution is -2.10. The van der Waals surface area contributed by atoms with E-state index >= 15 is 0 Å². The van der Waals surface area contributed by atoms with Crippen LogP contribution in [0.2, 0.25) is 0 Å². The monoisotopic (exact) mass is 256 g/mol. The molecule has 1 unspecified atom stereocenters. The third kappa shape index (κ3) is 5.49. The molecule has 0 bridgehead atoms. The van der Waals surface area contributed by atoms with E-state index < -0.39 is 4.83 Å². The molecule has 0 aromatic heterocycles. The highest BCUT2D eigenvalue weighted by Crippen LogP contribution is 2.03. The van der Waals surface area contributed by atoms with Gasteiger partial charge in [-0.15, -0.1) is 0 Å². The lowest BCUT2D eigenvalue weighted by Gasteiger charge is -1.93. The second kappa shape index (κ2) is 6.48. The maximum atomic E-state index is 10.1. The van der Waals surface area contributed by atoms with Crippen LogP contribution in [0.1, 0.15) is 0 Å². The quantitative estimate of drug-likeness (QED) is 0.421. The molecule has 0 heterocycles. The smallest absolute Gasteiger partial charge is 0.316 e. The number of hydrogen-bond acceptors (Lipinski definition) is 2. The van der Waals surface area contributed by atoms with Crippen molar-refractivity contribution in [1.82, 2.24) is 0 Å². The predicted octanol–water partition coefficient (Wildman–Crippen LogP) is -0.252. The van der Waals surface area contributed by atoms with Crippen LogP contribution in [0.15, 0.2) is 0 Å². The van der Waals surface area contributed by atoms with Crippen molar-refractivity contribution in [1.29, 1.82) is 0 Å². The van der Waals surface area contributed by atoms with E-state index in [4.69, 9.17) is 5.11 Å². The van der Waals surface area contributed by atoms with E-state index in [9.17, 15) is 4.79 Å². The number of aliphatic hydroxyl groups excluding tert-OH is 1. The Morgan fingerprint density at radius 3 is 2.12 bits per heavy atom. The number of aliphatic hydroxyl groups is 1. The van der Waals surface area contributed by atoms with Gasteiger partial charge < -0.3 is 5.11 Å². The van der Waals surface area contributed by atoms with Gasteiger partial charge in [0.15, 0.2) is 0 Å². The second-order valence-electron chi connectivity index (χ2n) is 0.954. The normalized spacial score (nSPS) is 11.9. The second-order valence-corrected chi connectivity index (χ2v) is 2.84. The maximum absolute atomic E-state index is 10.1. The lowest BCUT2D eigenvalue weighted by molar-refractivity contribution is -0.110. The van der Waals surface area contributed by atoms with Gasteiger partial charge in [-0.1, -0.05) is 15.9 Å². The summed E-state index contributed by atoms with van der Waals surface area (Å²) in [5.74, 6) is 0. The van der Waals surface area contributed by atoms with Gasteiger partial charge in [0.25, 0.3) is 0 Å². The minimum Gasteiger partial charge on any atom is -0.395 e. The van der Waals surface area contributed by atoms with E-state index in [-0.39, 0.29) is 34.4 Å². The summed E-state index contributed by atoms with van der Waals surface area (Å²) in [4.78, 5) is 9.63. The lowest BCUT2D eigenvalue weighted by atomic mass is 10.5. The Balaban J connectivity index is 0. The molecule has 0 fully saturated rings. The van der Waals surface area contributed by atoms with E-state index in [0.29, 0.717) is 0 Å². The van der Waals surface area contributed by atoms with E-state index in [1.165, 1.54) is 0 Å². The molecule has 0 aliphatic carbocycles. The molecule has 5 heteroatoms. The fraction of sp³-hybridized carbons (Fsp3) is 0.667. The SMILES string of the molecule is O=C(Br)C(Br)CO.[MgH2]. The van der Waals surface area contributed by atoms with Crippen molar-refractivity contribution < 1.29 is 9.90 Å². The Bertz CT molecular complexity index is 77.7. The molecule has 1 atom stereocenters. The molecule has 0 saturated heterocycles. The summed E-state index contributed by atoms with van der Waals surface area (Å²) in [5, 5.41) is 8.21. The molecule has 0 radical (unpaired) electrons. The number of rotatable bonds is 2. The first-order valence-electron chi connectivity index (χ1n) is 1.62. The minimum atomic E-state index is -0.451. The zero-order valence-electron chi connectivity index (χ0n) is 3.40. The van der Waals surface area contributed by atoms with Crippen molar-refractivity contribution in [3.05, 3.63) is 0 Å². The standard InChI is InChI=1S/C3H4Br2O2.Mg.2H/c4-2(1-6)3(5)7;;;/h2,6H,1H2;;;. The summed E-state index contributed by atoms with van der Waals surface area (Å²) in [6, 6.07) is 0. The molecule has 0 aromatic carbocycles. The highest BCUT2D eigenvalue weighted by molar-refractivity contribution is 9.20. The van der Waals surface area contributed by atoms with Crippen molar-refractivity contribution in [2.75, 3.05) is 6.61 Å². The Morgan fingerprint density at radius 2 is 2.12 bits per heavy atom. The van der Waals surface area contributed by atoms with Gasteiger partial charge in [0.1, 0.15) is 4.83 Å². The highest BCUT2D eigenvalue weighted by Gasteiger charge is 2.07. The van der Waals surface area contributed by atoms with Crippen molar-refractivity contribution >= 4 is 59.6 Å². The molecule has 0 aromatic rings. The van der Waals surface area contributed by atoms with Gasteiger partial charge >= 0.3 is 23.1 Å². The van der Waals surface area contributed by atoms with Gasteiger partial charge in [0.05, 0.1) is 6.61 Å². The largest absolute Gasteiger partial charge is 0.395 e. The first kappa shape index (κ1) is 12.1. The van der Waals surface area contributed by atoms with Gasteiger partial charge in [-0.25, -0.2) is 0 Å². The van der Waals surface area contributed by atoms with Crippen molar-refractivity contribution in [3.8, 4) is 0 Å². The highest BCUT2D eigenvalue weighted by atomic mass is 79.9. The van der Waals surface area contributed by atoms with Gasteiger partial charge in [-0.05, 0) is 15.9 Å². The van der Waals surface area contributed by atoms with E-state index in [1.54, 1.807) is 0 Å². The third-order valence-electron chi connectivity index (χ3n) is 0.407. The fourth-order valence-electron chi connectivity index (χ4n) is 0.0718. The van der Waals surface area contributed by atoms with Crippen LogP contribution in [0.4, 0.5) is 0 Å². The molecule has 0 aliphatic rings. The Kier molecular flexibility index (Phi) is 9.77. The summed E-state index contributed by atoms with van der Waals surface area (Å²) in [6.45, 7) is -0.163.